The molecular formula is C18H26N2O2. The van der Waals surface area contributed by atoms with Gasteiger partial charge < -0.3 is 10.2 Å². The molecular weight excluding hydrogens is 276 g/mol. The summed E-state index contributed by atoms with van der Waals surface area (Å²) in [6.45, 7) is 6.21. The van der Waals surface area contributed by atoms with Crippen LogP contribution in [0.3, 0.4) is 0 Å². The van der Waals surface area contributed by atoms with Crippen molar-refractivity contribution in [3.63, 3.8) is 0 Å². The molecule has 1 aromatic carbocycles. The highest BCUT2D eigenvalue weighted by atomic mass is 16.2. The summed E-state index contributed by atoms with van der Waals surface area (Å²) < 4.78 is 0. The molecule has 0 spiro atoms. The van der Waals surface area contributed by atoms with E-state index in [0.717, 1.165) is 31.4 Å². The van der Waals surface area contributed by atoms with Crippen molar-refractivity contribution < 1.29 is 9.59 Å². The molecule has 2 rings (SSSR count). The SMILES string of the molecule is CCCNC(=O)C1CCN(C(=O)Cc2ccc(C)cc2)CC1. The van der Waals surface area contributed by atoms with Crippen molar-refractivity contribution >= 4 is 11.8 Å². The molecule has 0 aliphatic carbocycles. The predicted molar refractivity (Wildman–Crippen MR) is 87.5 cm³/mol. The topological polar surface area (TPSA) is 49.4 Å². The second-order valence-corrected chi connectivity index (χ2v) is 6.11. The van der Waals surface area contributed by atoms with Gasteiger partial charge in [0.05, 0.1) is 6.42 Å². The number of nitrogens with zero attached hydrogens (tertiary/aromatic N) is 1. The number of likely N-dealkylation sites (tertiary alicyclic amines) is 1. The van der Waals surface area contributed by atoms with E-state index < -0.39 is 0 Å². The molecule has 4 nitrogen and oxygen atoms in total. The van der Waals surface area contributed by atoms with Crippen LogP contribution >= 0.6 is 0 Å². The molecule has 1 fully saturated rings. The van der Waals surface area contributed by atoms with Gasteiger partial charge in [-0.15, -0.1) is 0 Å². The van der Waals surface area contributed by atoms with Crippen molar-refractivity contribution in [1.82, 2.24) is 10.2 Å². The summed E-state index contributed by atoms with van der Waals surface area (Å²) in [7, 11) is 0. The highest BCUT2D eigenvalue weighted by molar-refractivity contribution is 5.81. The zero-order valence-electron chi connectivity index (χ0n) is 13.6. The molecule has 4 heteroatoms. The maximum absolute atomic E-state index is 12.3. The third kappa shape index (κ3) is 4.58. The van der Waals surface area contributed by atoms with Crippen LogP contribution in [0.25, 0.3) is 0 Å². The van der Waals surface area contributed by atoms with Gasteiger partial charge in [-0.1, -0.05) is 36.8 Å². The van der Waals surface area contributed by atoms with E-state index in [1.54, 1.807) is 0 Å². The zero-order chi connectivity index (χ0) is 15.9. The number of piperidine rings is 1. The van der Waals surface area contributed by atoms with Gasteiger partial charge in [0.25, 0.3) is 0 Å². The number of hydrogen-bond acceptors (Lipinski definition) is 2. The molecule has 1 N–H and O–H groups in total. The average Bonchev–Trinajstić information content (AvgIpc) is 2.55. The molecule has 0 atom stereocenters. The summed E-state index contributed by atoms with van der Waals surface area (Å²) in [4.78, 5) is 26.2. The van der Waals surface area contributed by atoms with Gasteiger partial charge in [-0.25, -0.2) is 0 Å². The number of carbonyl (C=O) groups excluding carboxylic acids is 2. The summed E-state index contributed by atoms with van der Waals surface area (Å²) in [6, 6.07) is 8.09. The van der Waals surface area contributed by atoms with E-state index in [1.165, 1.54) is 5.56 Å². The fourth-order valence-corrected chi connectivity index (χ4v) is 2.78. The Bertz CT molecular complexity index is 502. The second kappa shape index (κ2) is 7.97. The molecule has 0 radical (unpaired) electrons. The smallest absolute Gasteiger partial charge is 0.226 e. The van der Waals surface area contributed by atoms with Crippen LogP contribution in [-0.4, -0.2) is 36.3 Å². The number of amides is 2. The largest absolute Gasteiger partial charge is 0.356 e. The molecule has 0 bridgehead atoms. The van der Waals surface area contributed by atoms with Gasteiger partial charge in [0, 0.05) is 25.6 Å². The Kier molecular flexibility index (Phi) is 5.99. The Morgan fingerprint density at radius 1 is 1.18 bits per heavy atom. The van der Waals surface area contributed by atoms with E-state index in [-0.39, 0.29) is 17.7 Å². The molecule has 22 heavy (non-hydrogen) atoms. The first-order valence-corrected chi connectivity index (χ1v) is 8.21. The van der Waals surface area contributed by atoms with Crippen LogP contribution in [0.1, 0.15) is 37.3 Å². The molecule has 0 unspecified atom stereocenters. The van der Waals surface area contributed by atoms with E-state index in [1.807, 2.05) is 43.0 Å². The Morgan fingerprint density at radius 3 is 2.41 bits per heavy atom. The van der Waals surface area contributed by atoms with Crippen LogP contribution in [0.4, 0.5) is 0 Å². The van der Waals surface area contributed by atoms with Crippen LogP contribution in [0.2, 0.25) is 0 Å². The first-order chi connectivity index (χ1) is 10.6. The fourth-order valence-electron chi connectivity index (χ4n) is 2.78. The normalized spacial score (nSPS) is 15.6. The lowest BCUT2D eigenvalue weighted by atomic mass is 9.95. The molecule has 1 aromatic rings. The van der Waals surface area contributed by atoms with E-state index in [9.17, 15) is 9.59 Å². The number of carbonyl (C=O) groups is 2. The minimum Gasteiger partial charge on any atom is -0.356 e. The van der Waals surface area contributed by atoms with E-state index in [0.29, 0.717) is 19.5 Å². The number of aryl methyl sites for hydroxylation is 1. The maximum atomic E-state index is 12.3. The maximum Gasteiger partial charge on any atom is 0.226 e. The molecule has 0 aromatic heterocycles. The highest BCUT2D eigenvalue weighted by Gasteiger charge is 2.26. The van der Waals surface area contributed by atoms with E-state index in [2.05, 4.69) is 5.32 Å². The third-order valence-corrected chi connectivity index (χ3v) is 4.24. The van der Waals surface area contributed by atoms with E-state index in [4.69, 9.17) is 0 Å². The third-order valence-electron chi connectivity index (χ3n) is 4.24. The number of rotatable bonds is 5. The minimum atomic E-state index is 0.0648. The Hall–Kier alpha value is -1.84. The first-order valence-electron chi connectivity index (χ1n) is 8.21. The monoisotopic (exact) mass is 302 g/mol. The molecule has 2 amide bonds. The second-order valence-electron chi connectivity index (χ2n) is 6.11. The summed E-state index contributed by atoms with van der Waals surface area (Å²) >= 11 is 0. The summed E-state index contributed by atoms with van der Waals surface area (Å²) in [5.41, 5.74) is 2.26. The van der Waals surface area contributed by atoms with Gasteiger partial charge >= 0.3 is 0 Å². The van der Waals surface area contributed by atoms with Crippen LogP contribution in [-0.2, 0) is 16.0 Å². The van der Waals surface area contributed by atoms with Gasteiger partial charge in [0.15, 0.2) is 0 Å². The Morgan fingerprint density at radius 2 is 1.82 bits per heavy atom. The summed E-state index contributed by atoms with van der Waals surface area (Å²) in [6.07, 6.45) is 2.96. The number of hydrogen-bond donors (Lipinski definition) is 1. The van der Waals surface area contributed by atoms with E-state index >= 15 is 0 Å². The highest BCUT2D eigenvalue weighted by Crippen LogP contribution is 2.18. The molecule has 1 aliphatic heterocycles. The van der Waals surface area contributed by atoms with Crippen LogP contribution < -0.4 is 5.32 Å². The molecule has 0 saturated carbocycles. The van der Waals surface area contributed by atoms with Crippen LogP contribution in [0.5, 0.6) is 0 Å². The van der Waals surface area contributed by atoms with Crippen LogP contribution in [0.15, 0.2) is 24.3 Å². The van der Waals surface area contributed by atoms with Crippen molar-refractivity contribution in [2.24, 2.45) is 5.92 Å². The van der Waals surface area contributed by atoms with Crippen molar-refractivity contribution in [2.75, 3.05) is 19.6 Å². The Labute approximate surface area is 132 Å². The number of benzene rings is 1. The predicted octanol–water partition coefficient (Wildman–Crippen LogP) is 2.30. The van der Waals surface area contributed by atoms with Gasteiger partial charge in [0.1, 0.15) is 0 Å². The Balaban J connectivity index is 1.79. The van der Waals surface area contributed by atoms with Crippen molar-refractivity contribution in [2.45, 2.75) is 39.5 Å². The van der Waals surface area contributed by atoms with Crippen molar-refractivity contribution in [3.8, 4) is 0 Å². The number of nitrogens with one attached hydrogen (secondary N) is 1. The minimum absolute atomic E-state index is 0.0648. The van der Waals surface area contributed by atoms with Gasteiger partial charge in [-0.3, -0.25) is 9.59 Å². The molecule has 1 saturated heterocycles. The van der Waals surface area contributed by atoms with Crippen molar-refractivity contribution in [1.29, 1.82) is 0 Å². The molecule has 1 aliphatic rings. The molecule has 120 valence electrons. The first kappa shape index (κ1) is 16.5. The average molecular weight is 302 g/mol. The fraction of sp³-hybridized carbons (Fsp3) is 0.556. The van der Waals surface area contributed by atoms with Gasteiger partial charge in [-0.05, 0) is 31.7 Å². The zero-order valence-corrected chi connectivity index (χ0v) is 13.6. The summed E-state index contributed by atoms with van der Waals surface area (Å²) in [5.74, 6) is 0.374. The lowest BCUT2D eigenvalue weighted by Gasteiger charge is -2.31. The van der Waals surface area contributed by atoms with Crippen LogP contribution in [0, 0.1) is 12.8 Å². The molecule has 1 heterocycles. The van der Waals surface area contributed by atoms with Crippen molar-refractivity contribution in [3.05, 3.63) is 35.4 Å². The van der Waals surface area contributed by atoms with Gasteiger partial charge in [-0.2, -0.15) is 0 Å². The van der Waals surface area contributed by atoms with Gasteiger partial charge in [0.2, 0.25) is 11.8 Å². The lowest BCUT2D eigenvalue weighted by molar-refractivity contribution is -0.135. The quantitative estimate of drug-likeness (QED) is 0.907. The summed E-state index contributed by atoms with van der Waals surface area (Å²) in [5, 5.41) is 2.95. The lowest BCUT2D eigenvalue weighted by Crippen LogP contribution is -2.43. The standard InChI is InChI=1S/C18H26N2O2/c1-3-10-19-18(22)16-8-11-20(12-9-16)17(21)13-15-6-4-14(2)5-7-15/h4-7,16H,3,8-13H2,1-2H3,(H,19,22).